The fourth-order valence-corrected chi connectivity index (χ4v) is 5.48. The van der Waals surface area contributed by atoms with Gasteiger partial charge in [-0.15, -0.1) is 11.3 Å². The number of aryl methyl sites for hydroxylation is 2. The Morgan fingerprint density at radius 2 is 1.75 bits per heavy atom. The second-order valence-electron chi connectivity index (χ2n) is 5.32. The molecule has 108 valence electrons. The van der Waals surface area contributed by atoms with Gasteiger partial charge in [-0.3, -0.25) is 0 Å². The van der Waals surface area contributed by atoms with Crippen molar-refractivity contribution in [2.75, 3.05) is 10.7 Å². The summed E-state index contributed by atoms with van der Waals surface area (Å²) >= 11 is 9.45. The smallest absolute Gasteiger partial charge is 0.0195 e. The molecule has 1 heterocycles. The largest absolute Gasteiger partial charge is 0.145 e. The van der Waals surface area contributed by atoms with E-state index in [9.17, 15) is 0 Å². The van der Waals surface area contributed by atoms with Crippen molar-refractivity contribution >= 4 is 43.2 Å². The Morgan fingerprint density at radius 3 is 2.30 bits per heavy atom. The maximum absolute atomic E-state index is 3.75. The number of rotatable bonds is 6. The zero-order valence-electron chi connectivity index (χ0n) is 12.0. The van der Waals surface area contributed by atoms with Crippen molar-refractivity contribution in [1.29, 1.82) is 0 Å². The summed E-state index contributed by atoms with van der Waals surface area (Å²) in [5, 5.41) is 1.93. The van der Waals surface area contributed by atoms with E-state index in [1.807, 2.05) is 11.3 Å². The molecule has 0 aliphatic rings. The van der Waals surface area contributed by atoms with E-state index in [4.69, 9.17) is 0 Å². The van der Waals surface area contributed by atoms with E-state index < -0.39 is 0 Å². The molecular formula is C17H20Br2S. The highest BCUT2D eigenvalue weighted by molar-refractivity contribution is 9.09. The first-order valence-electron chi connectivity index (χ1n) is 6.90. The third kappa shape index (κ3) is 3.55. The summed E-state index contributed by atoms with van der Waals surface area (Å²) in [5.41, 5.74) is 2.87. The third-order valence-corrected chi connectivity index (χ3v) is 7.10. The van der Waals surface area contributed by atoms with Gasteiger partial charge in [-0.1, -0.05) is 68.6 Å². The van der Waals surface area contributed by atoms with E-state index in [1.54, 1.807) is 0 Å². The fourth-order valence-electron chi connectivity index (χ4n) is 2.40. The van der Waals surface area contributed by atoms with Crippen LogP contribution in [0.25, 0.3) is 0 Å². The number of benzene rings is 1. The van der Waals surface area contributed by atoms with Crippen LogP contribution in [0.15, 0.2) is 36.4 Å². The maximum atomic E-state index is 3.75. The first-order chi connectivity index (χ1) is 9.63. The predicted octanol–water partition coefficient (Wildman–Crippen LogP) is 5.89. The maximum Gasteiger partial charge on any atom is 0.0195 e. The first kappa shape index (κ1) is 16.3. The number of alkyl halides is 2. The van der Waals surface area contributed by atoms with Crippen LogP contribution in [0.4, 0.5) is 0 Å². The Balaban J connectivity index is 2.33. The zero-order valence-corrected chi connectivity index (χ0v) is 15.9. The molecule has 1 aromatic heterocycles. The van der Waals surface area contributed by atoms with Crippen molar-refractivity contribution < 1.29 is 0 Å². The Kier molecular flexibility index (Phi) is 5.88. The quantitative estimate of drug-likeness (QED) is 0.516. The van der Waals surface area contributed by atoms with Gasteiger partial charge in [-0.05, 0) is 37.5 Å². The van der Waals surface area contributed by atoms with Crippen molar-refractivity contribution in [2.24, 2.45) is 0 Å². The summed E-state index contributed by atoms with van der Waals surface area (Å²) in [4.78, 5) is 2.95. The second-order valence-corrected chi connectivity index (χ2v) is 7.69. The average molecular weight is 416 g/mol. The summed E-state index contributed by atoms with van der Waals surface area (Å²) < 4.78 is 0. The standard InChI is InChI=1S/C17H20Br2S/c1-3-15-7-8-16(20-15)10-17(11-18,12-19)14-6-4-5-13(2)9-14/h4-9H,3,10-12H2,1-2H3. The molecule has 0 fully saturated rings. The third-order valence-electron chi connectivity index (χ3n) is 3.72. The molecule has 0 bridgehead atoms. The summed E-state index contributed by atoms with van der Waals surface area (Å²) in [7, 11) is 0. The molecule has 0 atom stereocenters. The molecule has 1 aromatic carbocycles. The first-order valence-corrected chi connectivity index (χ1v) is 9.96. The van der Waals surface area contributed by atoms with E-state index in [1.165, 1.54) is 20.9 Å². The SMILES string of the molecule is CCc1ccc(CC(CBr)(CBr)c2cccc(C)c2)s1. The molecule has 0 aliphatic heterocycles. The molecule has 0 spiro atoms. The molecule has 0 N–H and O–H groups in total. The van der Waals surface area contributed by atoms with Crippen LogP contribution in [0.5, 0.6) is 0 Å². The van der Waals surface area contributed by atoms with Crippen molar-refractivity contribution in [1.82, 2.24) is 0 Å². The highest BCUT2D eigenvalue weighted by Crippen LogP contribution is 2.35. The summed E-state index contributed by atoms with van der Waals surface area (Å²) in [5.74, 6) is 0. The molecule has 0 saturated heterocycles. The minimum atomic E-state index is 0.127. The summed E-state index contributed by atoms with van der Waals surface area (Å²) in [6, 6.07) is 13.5. The van der Waals surface area contributed by atoms with E-state index in [-0.39, 0.29) is 5.41 Å². The lowest BCUT2D eigenvalue weighted by molar-refractivity contribution is 0.555. The second kappa shape index (κ2) is 7.24. The number of hydrogen-bond acceptors (Lipinski definition) is 1. The van der Waals surface area contributed by atoms with Gasteiger partial charge in [0.05, 0.1) is 0 Å². The van der Waals surface area contributed by atoms with E-state index >= 15 is 0 Å². The molecular weight excluding hydrogens is 396 g/mol. The van der Waals surface area contributed by atoms with Gasteiger partial charge in [0.25, 0.3) is 0 Å². The number of halogens is 2. The van der Waals surface area contributed by atoms with Gasteiger partial charge in [-0.2, -0.15) is 0 Å². The monoisotopic (exact) mass is 414 g/mol. The molecule has 0 saturated carbocycles. The van der Waals surface area contributed by atoms with Gasteiger partial charge in [0.1, 0.15) is 0 Å². The topological polar surface area (TPSA) is 0 Å². The summed E-state index contributed by atoms with van der Waals surface area (Å²) in [6.45, 7) is 4.38. The van der Waals surface area contributed by atoms with Gasteiger partial charge in [0.15, 0.2) is 0 Å². The van der Waals surface area contributed by atoms with Crippen molar-refractivity contribution in [3.8, 4) is 0 Å². The average Bonchev–Trinajstić information content (AvgIpc) is 2.92. The van der Waals surface area contributed by atoms with Crippen molar-refractivity contribution in [3.05, 3.63) is 57.3 Å². The van der Waals surface area contributed by atoms with Crippen LogP contribution in [-0.2, 0) is 18.3 Å². The van der Waals surface area contributed by atoms with Crippen LogP contribution in [0.1, 0.15) is 27.8 Å². The Hall–Kier alpha value is -0.120. The van der Waals surface area contributed by atoms with E-state index in [0.717, 1.165) is 23.5 Å². The van der Waals surface area contributed by atoms with E-state index in [2.05, 4.69) is 82.1 Å². The Morgan fingerprint density at radius 1 is 1.05 bits per heavy atom. The van der Waals surface area contributed by atoms with Crippen LogP contribution in [0, 0.1) is 6.92 Å². The molecule has 2 rings (SSSR count). The van der Waals surface area contributed by atoms with Crippen molar-refractivity contribution in [3.63, 3.8) is 0 Å². The lowest BCUT2D eigenvalue weighted by Crippen LogP contribution is -2.32. The molecule has 0 amide bonds. The molecule has 0 aliphatic carbocycles. The van der Waals surface area contributed by atoms with Gasteiger partial charge in [0, 0.05) is 25.8 Å². The molecule has 20 heavy (non-hydrogen) atoms. The van der Waals surface area contributed by atoms with Crippen LogP contribution < -0.4 is 0 Å². The van der Waals surface area contributed by atoms with Gasteiger partial charge < -0.3 is 0 Å². The van der Waals surface area contributed by atoms with Crippen LogP contribution in [0.2, 0.25) is 0 Å². The van der Waals surface area contributed by atoms with Crippen LogP contribution >= 0.6 is 43.2 Å². The lowest BCUT2D eigenvalue weighted by atomic mass is 9.80. The minimum absolute atomic E-state index is 0.127. The van der Waals surface area contributed by atoms with Crippen LogP contribution in [0.3, 0.4) is 0 Å². The predicted molar refractivity (Wildman–Crippen MR) is 97.8 cm³/mol. The Bertz CT molecular complexity index is 556. The zero-order chi connectivity index (χ0) is 14.6. The Labute approximate surface area is 142 Å². The van der Waals surface area contributed by atoms with Gasteiger partial charge in [-0.25, -0.2) is 0 Å². The lowest BCUT2D eigenvalue weighted by Gasteiger charge is -2.30. The van der Waals surface area contributed by atoms with E-state index in [0.29, 0.717) is 0 Å². The van der Waals surface area contributed by atoms with Gasteiger partial charge in [0.2, 0.25) is 0 Å². The normalized spacial score (nSPS) is 11.8. The number of thiophene rings is 1. The number of hydrogen-bond donors (Lipinski definition) is 0. The van der Waals surface area contributed by atoms with Gasteiger partial charge >= 0.3 is 0 Å². The van der Waals surface area contributed by atoms with Crippen LogP contribution in [-0.4, -0.2) is 10.7 Å². The molecule has 0 nitrogen and oxygen atoms in total. The molecule has 0 radical (unpaired) electrons. The summed E-state index contributed by atoms with van der Waals surface area (Å²) in [6.07, 6.45) is 2.21. The fraction of sp³-hybridized carbons (Fsp3) is 0.412. The van der Waals surface area contributed by atoms with Crippen molar-refractivity contribution in [2.45, 2.75) is 32.1 Å². The minimum Gasteiger partial charge on any atom is -0.145 e. The molecule has 0 unspecified atom stereocenters. The highest BCUT2D eigenvalue weighted by Gasteiger charge is 2.31. The highest BCUT2D eigenvalue weighted by atomic mass is 79.9. The molecule has 2 aromatic rings. The molecule has 3 heteroatoms.